The minimum Gasteiger partial charge on any atom is -0.453 e. The van der Waals surface area contributed by atoms with Crippen molar-refractivity contribution in [1.82, 2.24) is 9.97 Å². The number of pyridine rings is 2. The van der Waals surface area contributed by atoms with Crippen molar-refractivity contribution in [3.8, 4) is 11.5 Å². The van der Waals surface area contributed by atoms with Crippen molar-refractivity contribution in [3.63, 3.8) is 0 Å². The van der Waals surface area contributed by atoms with Crippen LogP contribution in [0, 0.1) is 0 Å². The zero-order valence-electron chi connectivity index (χ0n) is 9.88. The molecule has 3 aromatic rings. The van der Waals surface area contributed by atoms with E-state index in [1.165, 1.54) is 0 Å². The van der Waals surface area contributed by atoms with Gasteiger partial charge in [0.25, 0.3) is 0 Å². The van der Waals surface area contributed by atoms with Gasteiger partial charge in [-0.2, -0.15) is 0 Å². The van der Waals surface area contributed by atoms with E-state index in [9.17, 15) is 0 Å². The van der Waals surface area contributed by atoms with E-state index in [2.05, 4.69) is 25.9 Å². The second-order valence-electron chi connectivity index (χ2n) is 3.97. The number of hydrogen-bond acceptors (Lipinski definition) is 4. The standard InChI is InChI=1S/C14H10BrN3O/c15-9-7-13(14(16)18-8-9)19-12-5-1-4-11-10(12)3-2-6-17-11/h1-8H,(H2,16,18). The first kappa shape index (κ1) is 11.9. The molecule has 0 atom stereocenters. The predicted octanol–water partition coefficient (Wildman–Crippen LogP) is 3.77. The number of nitrogens with two attached hydrogens (primary N) is 1. The van der Waals surface area contributed by atoms with E-state index in [1.807, 2.05) is 30.3 Å². The molecule has 94 valence electrons. The molecule has 0 amide bonds. The van der Waals surface area contributed by atoms with Crippen LogP contribution in [0.15, 0.2) is 53.3 Å². The molecule has 0 saturated heterocycles. The van der Waals surface area contributed by atoms with Gasteiger partial charge in [0.2, 0.25) is 0 Å². The molecule has 2 N–H and O–H groups in total. The van der Waals surface area contributed by atoms with Crippen molar-refractivity contribution in [3.05, 3.63) is 53.3 Å². The van der Waals surface area contributed by atoms with Crippen LogP contribution in [0.5, 0.6) is 11.5 Å². The third-order valence-corrected chi connectivity index (χ3v) is 3.11. The average molecular weight is 316 g/mol. The second-order valence-corrected chi connectivity index (χ2v) is 4.88. The lowest BCUT2D eigenvalue weighted by molar-refractivity contribution is 0.488. The first-order chi connectivity index (χ1) is 9.24. The molecule has 0 aliphatic carbocycles. The van der Waals surface area contributed by atoms with E-state index in [1.54, 1.807) is 18.5 Å². The smallest absolute Gasteiger partial charge is 0.170 e. The van der Waals surface area contributed by atoms with E-state index >= 15 is 0 Å². The number of benzene rings is 1. The Bertz CT molecular complexity index is 740. The van der Waals surface area contributed by atoms with Gasteiger partial charge in [0.05, 0.1) is 5.52 Å². The summed E-state index contributed by atoms with van der Waals surface area (Å²) in [6.45, 7) is 0. The van der Waals surface area contributed by atoms with Crippen molar-refractivity contribution >= 4 is 32.7 Å². The van der Waals surface area contributed by atoms with Gasteiger partial charge in [-0.3, -0.25) is 4.98 Å². The molecule has 0 saturated carbocycles. The lowest BCUT2D eigenvalue weighted by Crippen LogP contribution is -1.95. The number of aromatic nitrogens is 2. The lowest BCUT2D eigenvalue weighted by Gasteiger charge is -2.10. The summed E-state index contributed by atoms with van der Waals surface area (Å²) in [5, 5.41) is 0.935. The van der Waals surface area contributed by atoms with Crippen molar-refractivity contribution in [2.75, 3.05) is 5.73 Å². The Morgan fingerprint density at radius 2 is 1.95 bits per heavy atom. The monoisotopic (exact) mass is 315 g/mol. The molecular weight excluding hydrogens is 306 g/mol. The van der Waals surface area contributed by atoms with Crippen molar-refractivity contribution < 1.29 is 4.74 Å². The summed E-state index contributed by atoms with van der Waals surface area (Å²) < 4.78 is 6.66. The number of fused-ring (bicyclic) bond motifs is 1. The molecule has 19 heavy (non-hydrogen) atoms. The summed E-state index contributed by atoms with van der Waals surface area (Å²) in [6, 6.07) is 11.3. The van der Waals surface area contributed by atoms with Gasteiger partial charge in [-0.15, -0.1) is 0 Å². The van der Waals surface area contributed by atoms with Crippen LogP contribution in [0.2, 0.25) is 0 Å². The molecule has 4 nitrogen and oxygen atoms in total. The Labute approximate surface area is 118 Å². The molecule has 0 aliphatic heterocycles. The van der Waals surface area contributed by atoms with Crippen molar-refractivity contribution in [2.45, 2.75) is 0 Å². The number of hydrogen-bond donors (Lipinski definition) is 1. The Kier molecular flexibility index (Phi) is 3.05. The molecule has 5 heteroatoms. The summed E-state index contributed by atoms with van der Waals surface area (Å²) in [5.41, 5.74) is 6.69. The van der Waals surface area contributed by atoms with Gasteiger partial charge in [-0.05, 0) is 40.2 Å². The van der Waals surface area contributed by atoms with Crippen LogP contribution in [0.3, 0.4) is 0 Å². The third kappa shape index (κ3) is 2.37. The van der Waals surface area contributed by atoms with E-state index in [0.29, 0.717) is 17.3 Å². The van der Waals surface area contributed by atoms with Crippen molar-refractivity contribution in [2.24, 2.45) is 0 Å². The number of rotatable bonds is 2. The highest BCUT2D eigenvalue weighted by atomic mass is 79.9. The number of nitrogen functional groups attached to an aromatic ring is 1. The fraction of sp³-hybridized carbons (Fsp3) is 0. The van der Waals surface area contributed by atoms with Crippen LogP contribution in [0.4, 0.5) is 5.82 Å². The minimum atomic E-state index is 0.351. The van der Waals surface area contributed by atoms with Crippen LogP contribution in [0.1, 0.15) is 0 Å². The van der Waals surface area contributed by atoms with E-state index < -0.39 is 0 Å². The Morgan fingerprint density at radius 3 is 2.84 bits per heavy atom. The van der Waals surface area contributed by atoms with Crippen LogP contribution in [0.25, 0.3) is 10.9 Å². The highest BCUT2D eigenvalue weighted by Crippen LogP contribution is 2.32. The largest absolute Gasteiger partial charge is 0.453 e. The van der Waals surface area contributed by atoms with E-state index in [4.69, 9.17) is 10.5 Å². The van der Waals surface area contributed by atoms with Gasteiger partial charge in [0, 0.05) is 28.3 Å². The van der Waals surface area contributed by atoms with Crippen molar-refractivity contribution in [1.29, 1.82) is 0 Å². The third-order valence-electron chi connectivity index (χ3n) is 2.67. The van der Waals surface area contributed by atoms with Gasteiger partial charge >= 0.3 is 0 Å². The maximum absolute atomic E-state index is 5.85. The zero-order chi connectivity index (χ0) is 13.2. The van der Waals surface area contributed by atoms with E-state index in [0.717, 1.165) is 15.4 Å². The highest BCUT2D eigenvalue weighted by molar-refractivity contribution is 9.10. The Balaban J connectivity index is 2.08. The summed E-state index contributed by atoms with van der Waals surface area (Å²) in [5.74, 6) is 1.58. The second kappa shape index (κ2) is 4.85. The normalized spacial score (nSPS) is 10.6. The lowest BCUT2D eigenvalue weighted by atomic mass is 10.2. The fourth-order valence-corrected chi connectivity index (χ4v) is 2.11. The summed E-state index contributed by atoms with van der Waals surface area (Å²) in [4.78, 5) is 8.33. The quantitative estimate of drug-likeness (QED) is 0.782. The van der Waals surface area contributed by atoms with Crippen LogP contribution >= 0.6 is 15.9 Å². The van der Waals surface area contributed by atoms with Gasteiger partial charge in [0.1, 0.15) is 5.75 Å². The molecule has 0 fully saturated rings. The van der Waals surface area contributed by atoms with Gasteiger partial charge in [-0.25, -0.2) is 4.98 Å². The first-order valence-electron chi connectivity index (χ1n) is 5.66. The molecule has 3 rings (SSSR count). The molecule has 0 spiro atoms. The van der Waals surface area contributed by atoms with Gasteiger partial charge in [-0.1, -0.05) is 6.07 Å². The van der Waals surface area contributed by atoms with Crippen LogP contribution in [-0.4, -0.2) is 9.97 Å². The maximum Gasteiger partial charge on any atom is 0.170 e. The Hall–Kier alpha value is -2.14. The number of nitrogens with zero attached hydrogens (tertiary/aromatic N) is 2. The molecular formula is C14H10BrN3O. The topological polar surface area (TPSA) is 61.0 Å². The van der Waals surface area contributed by atoms with Crippen LogP contribution in [-0.2, 0) is 0 Å². The molecule has 0 radical (unpaired) electrons. The first-order valence-corrected chi connectivity index (χ1v) is 6.46. The molecule has 0 unspecified atom stereocenters. The van der Waals surface area contributed by atoms with Crippen LogP contribution < -0.4 is 10.5 Å². The summed E-state index contributed by atoms with van der Waals surface area (Å²) in [6.07, 6.45) is 3.38. The molecule has 0 aliphatic rings. The molecule has 2 aromatic heterocycles. The molecule has 1 aromatic carbocycles. The average Bonchev–Trinajstić information content (AvgIpc) is 2.43. The van der Waals surface area contributed by atoms with Gasteiger partial charge in [0.15, 0.2) is 11.6 Å². The van der Waals surface area contributed by atoms with Gasteiger partial charge < -0.3 is 10.5 Å². The number of ether oxygens (including phenoxy) is 1. The molecule has 0 bridgehead atoms. The minimum absolute atomic E-state index is 0.351. The summed E-state index contributed by atoms with van der Waals surface area (Å²) in [7, 11) is 0. The maximum atomic E-state index is 5.85. The predicted molar refractivity (Wildman–Crippen MR) is 78.2 cm³/mol. The number of anilines is 1. The fourth-order valence-electron chi connectivity index (χ4n) is 1.80. The SMILES string of the molecule is Nc1ncc(Br)cc1Oc1cccc2ncccc12. The molecule has 2 heterocycles. The highest BCUT2D eigenvalue weighted by Gasteiger charge is 2.07. The summed E-state index contributed by atoms with van der Waals surface area (Å²) >= 11 is 3.35. The van der Waals surface area contributed by atoms with E-state index in [-0.39, 0.29) is 0 Å². The Morgan fingerprint density at radius 1 is 1.05 bits per heavy atom. The number of halogens is 1. The zero-order valence-corrected chi connectivity index (χ0v) is 11.5.